The van der Waals surface area contributed by atoms with Crippen LogP contribution in [0.3, 0.4) is 0 Å². The monoisotopic (exact) mass is 143 g/mol. The van der Waals surface area contributed by atoms with Gasteiger partial charge in [-0.25, -0.2) is 4.79 Å². The van der Waals surface area contributed by atoms with Gasteiger partial charge in [-0.2, -0.15) is 0 Å². The number of aliphatic carboxylic acids is 1. The summed E-state index contributed by atoms with van der Waals surface area (Å²) >= 11 is 0. The van der Waals surface area contributed by atoms with Crippen LogP contribution in [0.15, 0.2) is 4.99 Å². The Morgan fingerprint density at radius 3 is 2.30 bits per heavy atom. The van der Waals surface area contributed by atoms with E-state index in [-0.39, 0.29) is 0 Å². The van der Waals surface area contributed by atoms with E-state index >= 15 is 0 Å². The van der Waals surface area contributed by atoms with Crippen molar-refractivity contribution in [3.8, 4) is 0 Å². The zero-order valence-electron chi connectivity index (χ0n) is 6.53. The summed E-state index contributed by atoms with van der Waals surface area (Å²) in [6, 6.07) is -0.609. The third-order valence-corrected chi connectivity index (χ3v) is 0.965. The molecule has 1 N–H and O–H groups in total. The van der Waals surface area contributed by atoms with Crippen LogP contribution >= 0.6 is 0 Å². The van der Waals surface area contributed by atoms with Crippen molar-refractivity contribution < 1.29 is 9.90 Å². The molecule has 0 amide bonds. The highest BCUT2D eigenvalue weighted by Gasteiger charge is 2.05. The van der Waals surface area contributed by atoms with Crippen molar-refractivity contribution in [1.29, 1.82) is 0 Å². The molecule has 3 nitrogen and oxygen atoms in total. The molecule has 0 spiro atoms. The van der Waals surface area contributed by atoms with Crippen molar-refractivity contribution in [2.45, 2.75) is 26.8 Å². The first-order chi connectivity index (χ1) is 4.54. The Labute approximate surface area is 60.8 Å². The van der Waals surface area contributed by atoms with E-state index in [0.29, 0.717) is 5.92 Å². The molecule has 0 aliphatic rings. The van der Waals surface area contributed by atoms with Crippen LogP contribution < -0.4 is 0 Å². The summed E-state index contributed by atoms with van der Waals surface area (Å²) in [5, 5.41) is 8.38. The predicted molar refractivity (Wildman–Crippen MR) is 40.4 cm³/mol. The molecule has 0 aromatic carbocycles. The fourth-order valence-corrected chi connectivity index (χ4v) is 0.365. The zero-order valence-corrected chi connectivity index (χ0v) is 6.53. The van der Waals surface area contributed by atoms with E-state index in [1.807, 2.05) is 13.8 Å². The minimum Gasteiger partial charge on any atom is -0.480 e. The molecule has 0 unspecified atom stereocenters. The second-order valence-corrected chi connectivity index (χ2v) is 2.56. The highest BCUT2D eigenvalue weighted by atomic mass is 16.4. The van der Waals surface area contributed by atoms with Gasteiger partial charge < -0.3 is 5.11 Å². The van der Waals surface area contributed by atoms with Crippen LogP contribution in [-0.2, 0) is 4.79 Å². The minimum atomic E-state index is -0.878. The second kappa shape index (κ2) is 4.04. The standard InChI is InChI=1S/C7H13NO2/c1-5(2)4-8-6(3)7(9)10/h4-6H,1-3H3,(H,9,10)/t6-/m1/s1. The first-order valence-corrected chi connectivity index (χ1v) is 3.30. The summed E-state index contributed by atoms with van der Waals surface area (Å²) in [5.41, 5.74) is 0. The smallest absolute Gasteiger partial charge is 0.328 e. The molecule has 0 heterocycles. The number of hydrogen-bond acceptors (Lipinski definition) is 2. The SMILES string of the molecule is CC(C)C=N[C@H](C)C(=O)O. The zero-order chi connectivity index (χ0) is 8.15. The van der Waals surface area contributed by atoms with Gasteiger partial charge in [0.1, 0.15) is 6.04 Å². The Morgan fingerprint density at radius 1 is 1.50 bits per heavy atom. The second-order valence-electron chi connectivity index (χ2n) is 2.56. The maximum absolute atomic E-state index is 10.2. The number of rotatable bonds is 3. The normalized spacial score (nSPS) is 14.4. The topological polar surface area (TPSA) is 49.7 Å². The third-order valence-electron chi connectivity index (χ3n) is 0.965. The summed E-state index contributed by atoms with van der Waals surface area (Å²) in [6.45, 7) is 5.47. The molecule has 0 rings (SSSR count). The molecule has 0 aliphatic carbocycles. The van der Waals surface area contributed by atoms with Gasteiger partial charge in [-0.3, -0.25) is 4.99 Å². The molecule has 0 aromatic heterocycles. The van der Waals surface area contributed by atoms with Crippen molar-refractivity contribution in [2.75, 3.05) is 0 Å². The van der Waals surface area contributed by atoms with Crippen LogP contribution in [0.4, 0.5) is 0 Å². The third kappa shape index (κ3) is 4.06. The Hall–Kier alpha value is -0.860. The van der Waals surface area contributed by atoms with Crippen LogP contribution in [0, 0.1) is 5.92 Å². The van der Waals surface area contributed by atoms with Gasteiger partial charge in [-0.1, -0.05) is 13.8 Å². The summed E-state index contributed by atoms with van der Waals surface area (Å²) in [7, 11) is 0. The number of carboxylic acids is 1. The fourth-order valence-electron chi connectivity index (χ4n) is 0.365. The van der Waals surface area contributed by atoms with E-state index < -0.39 is 12.0 Å². The molecular formula is C7H13NO2. The molecule has 58 valence electrons. The van der Waals surface area contributed by atoms with E-state index in [1.165, 1.54) is 0 Å². The van der Waals surface area contributed by atoms with Crippen molar-refractivity contribution >= 4 is 12.2 Å². The lowest BCUT2D eigenvalue weighted by atomic mass is 10.2. The summed E-state index contributed by atoms with van der Waals surface area (Å²) in [4.78, 5) is 14.0. The van der Waals surface area contributed by atoms with Crippen molar-refractivity contribution in [3.63, 3.8) is 0 Å². The number of nitrogens with zero attached hydrogens (tertiary/aromatic N) is 1. The van der Waals surface area contributed by atoms with Crippen LogP contribution in [-0.4, -0.2) is 23.3 Å². The largest absolute Gasteiger partial charge is 0.480 e. The van der Waals surface area contributed by atoms with Crippen molar-refractivity contribution in [2.24, 2.45) is 10.9 Å². The maximum Gasteiger partial charge on any atom is 0.328 e. The molecule has 0 bridgehead atoms. The fraction of sp³-hybridized carbons (Fsp3) is 0.714. The Kier molecular flexibility index (Phi) is 3.69. The summed E-state index contributed by atoms with van der Waals surface area (Å²) in [5.74, 6) is -0.557. The van der Waals surface area contributed by atoms with Gasteiger partial charge >= 0.3 is 5.97 Å². The Morgan fingerprint density at radius 2 is 2.00 bits per heavy atom. The summed E-state index contributed by atoms with van der Waals surface area (Å²) < 4.78 is 0. The lowest BCUT2D eigenvalue weighted by Gasteiger charge is -1.98. The van der Waals surface area contributed by atoms with Gasteiger partial charge in [0.2, 0.25) is 0 Å². The number of aliphatic imine (C=N–C) groups is 1. The molecule has 0 aliphatic heterocycles. The lowest BCUT2D eigenvalue weighted by Crippen LogP contribution is -2.13. The summed E-state index contributed by atoms with van der Waals surface area (Å²) in [6.07, 6.45) is 1.65. The minimum absolute atomic E-state index is 0.321. The molecule has 10 heavy (non-hydrogen) atoms. The Bertz CT molecular complexity index is 141. The lowest BCUT2D eigenvalue weighted by molar-refractivity contribution is -0.137. The number of carboxylic acid groups (broad SMARTS) is 1. The van der Waals surface area contributed by atoms with E-state index in [2.05, 4.69) is 4.99 Å². The molecule has 0 saturated heterocycles. The first kappa shape index (κ1) is 9.14. The van der Waals surface area contributed by atoms with Crippen LogP contribution in [0.25, 0.3) is 0 Å². The number of carbonyl (C=O) groups is 1. The van der Waals surface area contributed by atoms with Gasteiger partial charge in [-0.05, 0) is 12.8 Å². The van der Waals surface area contributed by atoms with Crippen LogP contribution in [0.5, 0.6) is 0 Å². The molecule has 1 atom stereocenters. The molecule has 0 aromatic rings. The van der Waals surface area contributed by atoms with Gasteiger partial charge in [0.15, 0.2) is 0 Å². The highest BCUT2D eigenvalue weighted by Crippen LogP contribution is 1.91. The first-order valence-electron chi connectivity index (χ1n) is 3.30. The van der Waals surface area contributed by atoms with Crippen molar-refractivity contribution in [3.05, 3.63) is 0 Å². The van der Waals surface area contributed by atoms with E-state index in [4.69, 9.17) is 5.11 Å². The molecule has 3 heteroatoms. The van der Waals surface area contributed by atoms with Gasteiger partial charge in [0.25, 0.3) is 0 Å². The van der Waals surface area contributed by atoms with E-state index in [1.54, 1.807) is 13.1 Å². The van der Waals surface area contributed by atoms with Crippen LogP contribution in [0.2, 0.25) is 0 Å². The molecule has 0 radical (unpaired) electrons. The average Bonchev–Trinajstić information content (AvgIpc) is 1.82. The van der Waals surface area contributed by atoms with E-state index in [9.17, 15) is 4.79 Å². The number of hydrogen-bond donors (Lipinski definition) is 1. The molecule has 0 saturated carbocycles. The Balaban J connectivity index is 3.77. The quantitative estimate of drug-likeness (QED) is 0.603. The average molecular weight is 143 g/mol. The van der Waals surface area contributed by atoms with Gasteiger partial charge in [-0.15, -0.1) is 0 Å². The van der Waals surface area contributed by atoms with E-state index in [0.717, 1.165) is 0 Å². The van der Waals surface area contributed by atoms with Gasteiger partial charge in [0, 0.05) is 6.21 Å². The molecule has 0 fully saturated rings. The van der Waals surface area contributed by atoms with Gasteiger partial charge in [0.05, 0.1) is 0 Å². The van der Waals surface area contributed by atoms with Crippen molar-refractivity contribution in [1.82, 2.24) is 0 Å². The highest BCUT2D eigenvalue weighted by molar-refractivity contribution is 5.75. The predicted octanol–water partition coefficient (Wildman–Crippen LogP) is 1.19. The van der Waals surface area contributed by atoms with Crippen LogP contribution in [0.1, 0.15) is 20.8 Å². The molecular weight excluding hydrogens is 130 g/mol. The maximum atomic E-state index is 10.2.